The molecule has 0 unspecified atom stereocenters. The van der Waals surface area contributed by atoms with Gasteiger partial charge < -0.3 is 15.5 Å². The van der Waals surface area contributed by atoms with Crippen LogP contribution in [0, 0.1) is 5.92 Å². The van der Waals surface area contributed by atoms with Gasteiger partial charge in [-0.25, -0.2) is 0 Å². The van der Waals surface area contributed by atoms with Crippen LogP contribution in [0.4, 0.5) is 0 Å². The van der Waals surface area contributed by atoms with Crippen molar-refractivity contribution in [3.8, 4) is 0 Å². The predicted molar refractivity (Wildman–Crippen MR) is 123 cm³/mol. The molecule has 7 heteroatoms. The maximum Gasteiger partial charge on any atom is 0.256 e. The van der Waals surface area contributed by atoms with Gasteiger partial charge in [0.2, 0.25) is 11.8 Å². The molecule has 2 fully saturated rings. The molecule has 1 saturated heterocycles. The van der Waals surface area contributed by atoms with Crippen molar-refractivity contribution in [2.24, 2.45) is 5.92 Å². The Balaban J connectivity index is 1.52. The summed E-state index contributed by atoms with van der Waals surface area (Å²) in [5.74, 6) is -0.525. The first kappa shape index (κ1) is 22.2. The molecule has 0 aromatic heterocycles. The van der Waals surface area contributed by atoms with Crippen LogP contribution >= 0.6 is 11.8 Å². The van der Waals surface area contributed by atoms with E-state index in [0.29, 0.717) is 5.56 Å². The van der Waals surface area contributed by atoms with Crippen molar-refractivity contribution in [3.63, 3.8) is 0 Å². The van der Waals surface area contributed by atoms with Gasteiger partial charge in [-0.05, 0) is 44.2 Å². The molecule has 31 heavy (non-hydrogen) atoms. The average Bonchev–Trinajstić information content (AvgIpc) is 3.16. The van der Waals surface area contributed by atoms with Gasteiger partial charge in [0, 0.05) is 16.4 Å². The molecule has 6 nitrogen and oxygen atoms in total. The molecule has 0 bridgehead atoms. The molecule has 3 aliphatic rings. The molecule has 2 N–H and O–H groups in total. The Labute approximate surface area is 188 Å². The van der Waals surface area contributed by atoms with Crippen molar-refractivity contribution in [1.82, 2.24) is 15.5 Å². The fourth-order valence-electron chi connectivity index (χ4n) is 5.11. The average molecular weight is 444 g/mol. The lowest BCUT2D eigenvalue weighted by atomic mass is 9.94. The summed E-state index contributed by atoms with van der Waals surface area (Å²) >= 11 is 1.64. The lowest BCUT2D eigenvalue weighted by Gasteiger charge is -2.33. The van der Waals surface area contributed by atoms with Gasteiger partial charge >= 0.3 is 0 Å². The smallest absolute Gasteiger partial charge is 0.256 e. The highest BCUT2D eigenvalue weighted by Gasteiger charge is 2.57. The third-order valence-electron chi connectivity index (χ3n) is 6.74. The number of fused-ring (bicyclic) bond motifs is 3. The predicted octanol–water partition coefficient (Wildman–Crippen LogP) is 3.62. The van der Waals surface area contributed by atoms with E-state index in [1.54, 1.807) is 16.7 Å². The summed E-state index contributed by atoms with van der Waals surface area (Å²) in [7, 11) is 0. The fraction of sp³-hybridized carbons (Fsp3) is 0.625. The lowest BCUT2D eigenvalue weighted by molar-refractivity contribution is -0.133. The second-order valence-electron chi connectivity index (χ2n) is 9.85. The van der Waals surface area contributed by atoms with Crippen molar-refractivity contribution in [1.29, 1.82) is 0 Å². The van der Waals surface area contributed by atoms with Crippen molar-refractivity contribution >= 4 is 29.5 Å². The highest BCUT2D eigenvalue weighted by Crippen LogP contribution is 2.56. The molecule has 1 aliphatic carbocycles. The summed E-state index contributed by atoms with van der Waals surface area (Å²) in [5.41, 5.74) is 1.64. The molecule has 1 aromatic carbocycles. The van der Waals surface area contributed by atoms with E-state index in [1.807, 2.05) is 52.0 Å². The quantitative estimate of drug-likeness (QED) is 0.729. The SMILES string of the molecule is CC(C)[C@H](NC(=O)[C@H]1N2C(=O)c3ccccc3[C@@H]2SC1(C)C)C(=O)NC1CCCCC1. The lowest BCUT2D eigenvalue weighted by Crippen LogP contribution is -2.59. The van der Waals surface area contributed by atoms with Crippen LogP contribution in [0.15, 0.2) is 24.3 Å². The number of nitrogens with one attached hydrogen (secondary N) is 2. The molecule has 3 atom stereocenters. The number of hydrogen-bond donors (Lipinski definition) is 2. The second kappa shape index (κ2) is 8.49. The first-order valence-electron chi connectivity index (χ1n) is 11.4. The summed E-state index contributed by atoms with van der Waals surface area (Å²) in [6.45, 7) is 7.89. The summed E-state index contributed by atoms with van der Waals surface area (Å²) in [5, 5.41) is 5.99. The second-order valence-corrected chi connectivity index (χ2v) is 11.6. The van der Waals surface area contributed by atoms with Gasteiger partial charge in [0.1, 0.15) is 17.5 Å². The molecule has 2 heterocycles. The van der Waals surface area contributed by atoms with Crippen LogP contribution in [0.3, 0.4) is 0 Å². The van der Waals surface area contributed by atoms with Crippen LogP contribution in [0.5, 0.6) is 0 Å². The first-order valence-corrected chi connectivity index (χ1v) is 12.3. The Morgan fingerprint density at radius 2 is 1.81 bits per heavy atom. The Morgan fingerprint density at radius 1 is 1.13 bits per heavy atom. The van der Waals surface area contributed by atoms with Crippen LogP contribution < -0.4 is 10.6 Å². The molecule has 0 radical (unpaired) electrons. The summed E-state index contributed by atoms with van der Waals surface area (Å²) < 4.78 is -0.459. The van der Waals surface area contributed by atoms with Crippen molar-refractivity contribution < 1.29 is 14.4 Å². The van der Waals surface area contributed by atoms with Gasteiger partial charge in [-0.2, -0.15) is 0 Å². The number of nitrogens with zero attached hydrogens (tertiary/aromatic N) is 1. The third-order valence-corrected chi connectivity index (χ3v) is 8.28. The zero-order valence-electron chi connectivity index (χ0n) is 18.8. The Kier molecular flexibility index (Phi) is 6.08. The van der Waals surface area contributed by atoms with Crippen LogP contribution in [0.1, 0.15) is 81.1 Å². The molecule has 1 saturated carbocycles. The standard InChI is InChI=1S/C24H33N3O3S/c1-14(2)18(20(28)25-15-10-6-5-7-11-15)26-21(29)19-24(3,4)31-23-17-13-9-8-12-16(17)22(30)27(19)23/h8-9,12-15,18-19,23H,5-7,10-11H2,1-4H3,(H,25,28)(H,26,29)/t18-,19+,23-/m0/s1. The number of benzene rings is 1. The molecule has 4 rings (SSSR count). The van der Waals surface area contributed by atoms with Crippen molar-refractivity contribution in [3.05, 3.63) is 35.4 Å². The number of carbonyl (C=O) groups excluding carboxylic acids is 3. The molecule has 2 aliphatic heterocycles. The molecular formula is C24H33N3O3S. The van der Waals surface area contributed by atoms with Gasteiger partial charge in [-0.1, -0.05) is 51.3 Å². The van der Waals surface area contributed by atoms with Gasteiger partial charge in [-0.3, -0.25) is 14.4 Å². The van der Waals surface area contributed by atoms with E-state index in [-0.39, 0.29) is 35.1 Å². The molecular weight excluding hydrogens is 410 g/mol. The van der Waals surface area contributed by atoms with Crippen LogP contribution in [0.25, 0.3) is 0 Å². The number of carbonyl (C=O) groups is 3. The fourth-order valence-corrected chi connectivity index (χ4v) is 6.70. The number of rotatable bonds is 5. The summed E-state index contributed by atoms with van der Waals surface area (Å²) in [6, 6.07) is 6.52. The summed E-state index contributed by atoms with van der Waals surface area (Å²) in [6.07, 6.45) is 5.49. The van der Waals surface area contributed by atoms with E-state index in [1.165, 1.54) is 6.42 Å². The van der Waals surface area contributed by atoms with E-state index < -0.39 is 16.8 Å². The number of thioether (sulfide) groups is 1. The first-order chi connectivity index (χ1) is 14.7. The number of amides is 3. The van der Waals surface area contributed by atoms with Gasteiger partial charge in [0.15, 0.2) is 0 Å². The van der Waals surface area contributed by atoms with Gasteiger partial charge in [-0.15, -0.1) is 11.8 Å². The molecule has 3 amide bonds. The van der Waals surface area contributed by atoms with E-state index in [9.17, 15) is 14.4 Å². The maximum absolute atomic E-state index is 13.5. The Bertz CT molecular complexity index is 879. The van der Waals surface area contributed by atoms with E-state index in [2.05, 4.69) is 10.6 Å². The van der Waals surface area contributed by atoms with E-state index >= 15 is 0 Å². The van der Waals surface area contributed by atoms with Crippen LogP contribution in [-0.2, 0) is 9.59 Å². The van der Waals surface area contributed by atoms with E-state index in [0.717, 1.165) is 31.2 Å². The zero-order valence-corrected chi connectivity index (χ0v) is 19.6. The Morgan fingerprint density at radius 3 is 2.48 bits per heavy atom. The highest BCUT2D eigenvalue weighted by molar-refractivity contribution is 8.01. The minimum Gasteiger partial charge on any atom is -0.352 e. The normalized spacial score (nSPS) is 25.8. The topological polar surface area (TPSA) is 78.5 Å². The third kappa shape index (κ3) is 4.09. The monoisotopic (exact) mass is 443 g/mol. The largest absolute Gasteiger partial charge is 0.352 e. The molecule has 1 aromatic rings. The highest BCUT2D eigenvalue weighted by atomic mass is 32.2. The maximum atomic E-state index is 13.5. The van der Waals surface area contributed by atoms with E-state index in [4.69, 9.17) is 0 Å². The Hall–Kier alpha value is -2.02. The van der Waals surface area contributed by atoms with Crippen LogP contribution in [0.2, 0.25) is 0 Å². The van der Waals surface area contributed by atoms with Crippen molar-refractivity contribution in [2.75, 3.05) is 0 Å². The minimum absolute atomic E-state index is 0.0491. The number of hydrogen-bond acceptors (Lipinski definition) is 4. The zero-order chi connectivity index (χ0) is 22.3. The minimum atomic E-state index is -0.633. The molecule has 0 spiro atoms. The van der Waals surface area contributed by atoms with Crippen LogP contribution in [-0.4, -0.2) is 45.5 Å². The van der Waals surface area contributed by atoms with Crippen molar-refractivity contribution in [2.45, 2.75) is 88.0 Å². The van der Waals surface area contributed by atoms with Gasteiger partial charge in [0.25, 0.3) is 5.91 Å². The van der Waals surface area contributed by atoms with Gasteiger partial charge in [0.05, 0.1) is 0 Å². The summed E-state index contributed by atoms with van der Waals surface area (Å²) in [4.78, 5) is 41.4. The molecule has 168 valence electrons.